The number of carbonyl (C=O) groups is 2. The molecule has 0 bridgehead atoms. The number of fused-ring (bicyclic) bond motifs is 2. The summed E-state index contributed by atoms with van der Waals surface area (Å²) in [5.41, 5.74) is 2.35. The molecule has 0 radical (unpaired) electrons. The van der Waals surface area contributed by atoms with Gasteiger partial charge in [-0.3, -0.25) is 14.6 Å². The topological polar surface area (TPSA) is 92.8 Å². The fourth-order valence-electron chi connectivity index (χ4n) is 5.47. The Bertz CT molecular complexity index is 1440. The maximum Gasteiger partial charge on any atom is 0.168 e. The van der Waals surface area contributed by atoms with Crippen LogP contribution in [0.25, 0.3) is 10.8 Å². The number of ketones is 2. The van der Waals surface area contributed by atoms with Gasteiger partial charge in [0.2, 0.25) is 0 Å². The van der Waals surface area contributed by atoms with Crippen molar-refractivity contribution in [1.82, 2.24) is 5.16 Å². The number of hydrogen-bond acceptors (Lipinski definition) is 6. The van der Waals surface area contributed by atoms with Crippen LogP contribution in [0.3, 0.4) is 0 Å². The monoisotopic (exact) mass is 484 g/mol. The third-order valence-corrected chi connectivity index (χ3v) is 7.13. The van der Waals surface area contributed by atoms with Crippen molar-refractivity contribution < 1.29 is 19.2 Å². The summed E-state index contributed by atoms with van der Waals surface area (Å²) in [5.74, 6) is 0.532. The van der Waals surface area contributed by atoms with Crippen molar-refractivity contribution in [2.45, 2.75) is 66.2 Å². The van der Waals surface area contributed by atoms with Crippen LogP contribution >= 0.6 is 0 Å². The molecule has 6 heteroatoms. The zero-order valence-electron chi connectivity index (χ0n) is 21.4. The molecular formula is C30H32N2O4. The van der Waals surface area contributed by atoms with Crippen LogP contribution in [0.2, 0.25) is 0 Å². The van der Waals surface area contributed by atoms with Crippen LogP contribution in [0.15, 0.2) is 63.3 Å². The molecule has 1 fully saturated rings. The van der Waals surface area contributed by atoms with Gasteiger partial charge in [-0.25, -0.2) is 0 Å². The molecule has 0 saturated heterocycles. The van der Waals surface area contributed by atoms with E-state index in [9.17, 15) is 14.7 Å². The smallest absolute Gasteiger partial charge is 0.168 e. The second-order valence-corrected chi connectivity index (χ2v) is 11.7. The highest BCUT2D eigenvalue weighted by Crippen LogP contribution is 2.38. The molecule has 2 aliphatic rings. The maximum absolute atomic E-state index is 13.2. The lowest BCUT2D eigenvalue weighted by Crippen LogP contribution is -2.32. The minimum Gasteiger partial charge on any atom is -0.511 e. The average molecular weight is 485 g/mol. The highest BCUT2D eigenvalue weighted by molar-refractivity contribution is 6.25. The second-order valence-electron chi connectivity index (χ2n) is 11.7. The summed E-state index contributed by atoms with van der Waals surface area (Å²) in [6, 6.07) is 14.0. The van der Waals surface area contributed by atoms with Crippen LogP contribution in [-0.2, 0) is 17.6 Å². The first kappa shape index (κ1) is 24.2. The molecule has 1 N–H and O–H groups in total. The summed E-state index contributed by atoms with van der Waals surface area (Å²) in [5, 5.41) is 17.5. The average Bonchev–Trinajstić information content (AvgIpc) is 3.18. The molecule has 0 spiro atoms. The minimum absolute atomic E-state index is 0.00428. The molecule has 1 aromatic heterocycles. The number of aromatic nitrogens is 1. The summed E-state index contributed by atoms with van der Waals surface area (Å²) >= 11 is 0. The van der Waals surface area contributed by atoms with Crippen LogP contribution in [0.1, 0.15) is 75.2 Å². The Morgan fingerprint density at radius 3 is 2.42 bits per heavy atom. The van der Waals surface area contributed by atoms with E-state index in [0.717, 1.165) is 16.5 Å². The van der Waals surface area contributed by atoms with Crippen LogP contribution in [-0.4, -0.2) is 27.5 Å². The van der Waals surface area contributed by atoms with Gasteiger partial charge in [0, 0.05) is 32.1 Å². The molecule has 36 heavy (non-hydrogen) atoms. The molecule has 0 aliphatic heterocycles. The standard InChI is InChI=1S/C30H32N2O4/c1-29(2)14-22(31-20-10-9-18-7-5-6-8-19(18)13-20)27(24(34)15-29)23(33)12-11-21-28-25(35)16-30(3,4)17-26(28)36-32-21/h5-10,13,33H,11-12,14-17H2,1-4H3/b27-23+,31-22?. The van der Waals surface area contributed by atoms with E-state index in [1.54, 1.807) is 0 Å². The summed E-state index contributed by atoms with van der Waals surface area (Å²) in [6.07, 6.45) is 2.53. The van der Waals surface area contributed by atoms with Crippen molar-refractivity contribution in [3.8, 4) is 0 Å². The molecule has 0 unspecified atom stereocenters. The Morgan fingerprint density at radius 2 is 1.64 bits per heavy atom. The van der Waals surface area contributed by atoms with Crippen molar-refractivity contribution >= 4 is 33.7 Å². The van der Waals surface area contributed by atoms with Gasteiger partial charge in [-0.15, -0.1) is 0 Å². The number of carbonyl (C=O) groups excluding carboxylic acids is 2. The summed E-state index contributed by atoms with van der Waals surface area (Å²) in [7, 11) is 0. The van der Waals surface area contributed by atoms with Crippen molar-refractivity contribution in [2.75, 3.05) is 0 Å². The summed E-state index contributed by atoms with van der Waals surface area (Å²) < 4.78 is 5.50. The molecular weight excluding hydrogens is 452 g/mol. The SMILES string of the molecule is CC1(C)CC(=O)/C(=C(/O)CCc2noc3c2C(=O)CC(C)(C)C3)C(=Nc2ccc3ccccc3c2)C1. The van der Waals surface area contributed by atoms with Gasteiger partial charge < -0.3 is 9.63 Å². The number of aliphatic hydroxyl groups is 1. The largest absolute Gasteiger partial charge is 0.511 e. The van der Waals surface area contributed by atoms with E-state index in [2.05, 4.69) is 5.16 Å². The fraction of sp³-hybridized carbons (Fsp3) is 0.400. The third-order valence-electron chi connectivity index (χ3n) is 7.13. The van der Waals surface area contributed by atoms with Gasteiger partial charge in [0.15, 0.2) is 11.6 Å². The number of aliphatic hydroxyl groups excluding tert-OH is 1. The highest BCUT2D eigenvalue weighted by Gasteiger charge is 2.38. The van der Waals surface area contributed by atoms with Gasteiger partial charge >= 0.3 is 0 Å². The van der Waals surface area contributed by atoms with Gasteiger partial charge in [-0.1, -0.05) is 63.2 Å². The number of benzene rings is 2. The predicted molar refractivity (Wildman–Crippen MR) is 140 cm³/mol. The number of allylic oxidation sites excluding steroid dienone is 2. The van der Waals surface area contributed by atoms with E-state index in [1.807, 2.05) is 70.2 Å². The van der Waals surface area contributed by atoms with Gasteiger partial charge in [-0.05, 0) is 40.2 Å². The van der Waals surface area contributed by atoms with Crippen LogP contribution in [0.5, 0.6) is 0 Å². The van der Waals surface area contributed by atoms with Crippen LogP contribution < -0.4 is 0 Å². The lowest BCUT2D eigenvalue weighted by atomic mass is 9.73. The van der Waals surface area contributed by atoms with E-state index in [1.165, 1.54) is 0 Å². The lowest BCUT2D eigenvalue weighted by Gasteiger charge is -2.31. The number of aliphatic imine (C=N–C) groups is 1. The van der Waals surface area contributed by atoms with Crippen molar-refractivity contribution in [1.29, 1.82) is 0 Å². The summed E-state index contributed by atoms with van der Waals surface area (Å²) in [4.78, 5) is 30.8. The van der Waals surface area contributed by atoms with Crippen LogP contribution in [0.4, 0.5) is 5.69 Å². The zero-order chi connectivity index (χ0) is 25.7. The fourth-order valence-corrected chi connectivity index (χ4v) is 5.47. The first-order valence-electron chi connectivity index (χ1n) is 12.5. The van der Waals surface area contributed by atoms with Crippen LogP contribution in [0, 0.1) is 10.8 Å². The van der Waals surface area contributed by atoms with E-state index in [4.69, 9.17) is 9.52 Å². The highest BCUT2D eigenvalue weighted by atomic mass is 16.5. The molecule has 2 aromatic carbocycles. The predicted octanol–water partition coefficient (Wildman–Crippen LogP) is 6.89. The lowest BCUT2D eigenvalue weighted by molar-refractivity contribution is -0.117. The Hall–Kier alpha value is -3.54. The van der Waals surface area contributed by atoms with E-state index in [0.29, 0.717) is 60.4 Å². The van der Waals surface area contributed by atoms with Gasteiger partial charge in [0.1, 0.15) is 11.5 Å². The number of rotatable bonds is 4. The first-order valence-corrected chi connectivity index (χ1v) is 12.5. The molecule has 3 aromatic rings. The molecule has 186 valence electrons. The maximum atomic E-state index is 13.2. The Labute approximate surface area is 211 Å². The third kappa shape index (κ3) is 4.77. The van der Waals surface area contributed by atoms with Crippen molar-refractivity contribution in [3.05, 3.63) is 70.8 Å². The number of Topliss-reactive ketones (excluding diaryl/α,β-unsaturated/α-hetero) is 2. The zero-order valence-corrected chi connectivity index (χ0v) is 21.4. The van der Waals surface area contributed by atoms with Crippen molar-refractivity contribution in [3.63, 3.8) is 0 Å². The van der Waals surface area contributed by atoms with Gasteiger partial charge in [-0.2, -0.15) is 0 Å². The molecule has 5 rings (SSSR count). The molecule has 6 nitrogen and oxygen atoms in total. The number of hydrogen-bond donors (Lipinski definition) is 1. The molecule has 0 atom stereocenters. The summed E-state index contributed by atoms with van der Waals surface area (Å²) in [6.45, 7) is 8.17. The van der Waals surface area contributed by atoms with E-state index < -0.39 is 0 Å². The molecule has 0 amide bonds. The first-order chi connectivity index (χ1) is 17.0. The van der Waals surface area contributed by atoms with E-state index >= 15 is 0 Å². The Balaban J connectivity index is 1.46. The van der Waals surface area contributed by atoms with Gasteiger partial charge in [0.05, 0.1) is 28.2 Å². The molecule has 2 aliphatic carbocycles. The van der Waals surface area contributed by atoms with E-state index in [-0.39, 0.29) is 34.6 Å². The number of nitrogens with zero attached hydrogens (tertiary/aromatic N) is 2. The Kier molecular flexibility index (Phi) is 5.93. The molecule has 1 heterocycles. The Morgan fingerprint density at radius 1 is 0.944 bits per heavy atom. The second kappa shape index (κ2) is 8.84. The van der Waals surface area contributed by atoms with Crippen molar-refractivity contribution in [2.24, 2.45) is 15.8 Å². The normalized spacial score (nSPS) is 21.6. The minimum atomic E-state index is -0.249. The quantitative estimate of drug-likeness (QED) is 0.321. The molecule has 1 saturated carbocycles. The number of aryl methyl sites for hydroxylation is 1. The van der Waals surface area contributed by atoms with Gasteiger partial charge in [0.25, 0.3) is 0 Å².